The van der Waals surface area contributed by atoms with Crippen molar-refractivity contribution < 1.29 is 0 Å². The number of benzene rings is 1. The topological polar surface area (TPSA) is 26.0 Å². The fourth-order valence-corrected chi connectivity index (χ4v) is 1.44. The van der Waals surface area contributed by atoms with Crippen molar-refractivity contribution in [2.75, 3.05) is 7.05 Å². The van der Waals surface area contributed by atoms with Gasteiger partial charge < -0.3 is 5.73 Å². The Bertz CT molecular complexity index is 467. The number of rotatable bonds is 2. The van der Waals surface area contributed by atoms with Gasteiger partial charge in [0.25, 0.3) is 0 Å². The van der Waals surface area contributed by atoms with Crippen molar-refractivity contribution >= 4 is 18.7 Å². The average molecular weight is 245 g/mol. The molecule has 0 bridgehead atoms. The van der Waals surface area contributed by atoms with E-state index in [0.29, 0.717) is 0 Å². The molecule has 0 amide bonds. The summed E-state index contributed by atoms with van der Waals surface area (Å²) in [6, 6.07) is 4.19. The second-order valence-electron chi connectivity index (χ2n) is 3.25. The standard InChI is InChI=1S/C14H16.C2H6.CH5N/c1-5-7-13-9-10-14(8-6-2)12(4)11(13)3;2*1-2/h5-10H,1,3H2,2,4H3;1-2H3;2H2,1H3/b8-6-,13-7-;;. The van der Waals surface area contributed by atoms with Crippen molar-refractivity contribution in [1.82, 2.24) is 0 Å². The minimum Gasteiger partial charge on any atom is -0.333 e. The summed E-state index contributed by atoms with van der Waals surface area (Å²) in [7, 11) is 1.50. The molecule has 0 unspecified atom stereocenters. The Labute approximate surface area is 112 Å². The van der Waals surface area contributed by atoms with E-state index in [-0.39, 0.29) is 0 Å². The fourth-order valence-electron chi connectivity index (χ4n) is 1.44. The van der Waals surface area contributed by atoms with Crippen LogP contribution in [0.1, 0.15) is 31.9 Å². The third kappa shape index (κ3) is 5.65. The Kier molecular flexibility index (Phi) is 12.4. The second-order valence-corrected chi connectivity index (χ2v) is 3.25. The molecule has 100 valence electrons. The lowest BCUT2D eigenvalue weighted by Crippen LogP contribution is -2.26. The van der Waals surface area contributed by atoms with E-state index in [4.69, 9.17) is 0 Å². The summed E-state index contributed by atoms with van der Waals surface area (Å²) >= 11 is 0. The number of hydrogen-bond donors (Lipinski definition) is 1. The van der Waals surface area contributed by atoms with Gasteiger partial charge in [0.1, 0.15) is 0 Å². The molecule has 0 spiro atoms. The van der Waals surface area contributed by atoms with E-state index in [0.717, 1.165) is 10.4 Å². The predicted molar refractivity (Wildman–Crippen MR) is 86.8 cm³/mol. The number of hydrogen-bond acceptors (Lipinski definition) is 1. The zero-order chi connectivity index (χ0) is 14.6. The molecule has 1 rings (SSSR count). The van der Waals surface area contributed by atoms with Gasteiger partial charge in [0.05, 0.1) is 0 Å². The SMILES string of the molecule is C=C/C=c1/ccc(/C=C\C)c(C)c1=C.CC.CN. The molecule has 0 aromatic heterocycles. The van der Waals surface area contributed by atoms with Crippen molar-refractivity contribution in [2.45, 2.75) is 27.7 Å². The van der Waals surface area contributed by atoms with Crippen LogP contribution in [-0.4, -0.2) is 7.05 Å². The summed E-state index contributed by atoms with van der Waals surface area (Å²) in [4.78, 5) is 0. The summed E-state index contributed by atoms with van der Waals surface area (Å²) in [6.07, 6.45) is 7.91. The molecule has 0 aliphatic carbocycles. The molecule has 0 atom stereocenters. The molecule has 0 aliphatic rings. The summed E-state index contributed by atoms with van der Waals surface area (Å²) in [5, 5.41) is 2.23. The van der Waals surface area contributed by atoms with Crippen molar-refractivity contribution in [3.05, 3.63) is 52.4 Å². The van der Waals surface area contributed by atoms with E-state index in [1.165, 1.54) is 18.2 Å². The van der Waals surface area contributed by atoms with Crippen molar-refractivity contribution in [3.8, 4) is 0 Å². The summed E-state index contributed by atoms with van der Waals surface area (Å²) < 4.78 is 0. The first-order valence-corrected chi connectivity index (χ1v) is 6.32. The lowest BCUT2D eigenvalue weighted by Gasteiger charge is -2.00. The van der Waals surface area contributed by atoms with E-state index < -0.39 is 0 Å². The Morgan fingerprint density at radius 1 is 1.17 bits per heavy atom. The monoisotopic (exact) mass is 245 g/mol. The number of nitrogens with two attached hydrogens (primary N) is 1. The van der Waals surface area contributed by atoms with Crippen LogP contribution in [0.3, 0.4) is 0 Å². The molecule has 0 fully saturated rings. The highest BCUT2D eigenvalue weighted by molar-refractivity contribution is 5.55. The van der Waals surface area contributed by atoms with Crippen LogP contribution in [-0.2, 0) is 0 Å². The zero-order valence-corrected chi connectivity index (χ0v) is 12.5. The van der Waals surface area contributed by atoms with Gasteiger partial charge in [-0.15, -0.1) is 0 Å². The molecular weight excluding hydrogens is 218 g/mol. The lowest BCUT2D eigenvalue weighted by atomic mass is 10.0. The van der Waals surface area contributed by atoms with E-state index >= 15 is 0 Å². The van der Waals surface area contributed by atoms with Gasteiger partial charge in [0.15, 0.2) is 0 Å². The molecule has 1 nitrogen and oxygen atoms in total. The smallest absolute Gasteiger partial charge is 0.0187 e. The second kappa shape index (κ2) is 11.9. The molecule has 18 heavy (non-hydrogen) atoms. The van der Waals surface area contributed by atoms with Gasteiger partial charge in [-0.3, -0.25) is 0 Å². The molecular formula is C17H27N. The van der Waals surface area contributed by atoms with Crippen LogP contribution in [0.15, 0.2) is 30.9 Å². The van der Waals surface area contributed by atoms with Crippen molar-refractivity contribution in [3.63, 3.8) is 0 Å². The molecule has 1 aromatic rings. The highest BCUT2D eigenvalue weighted by Crippen LogP contribution is 2.02. The highest BCUT2D eigenvalue weighted by atomic mass is 14.4. The van der Waals surface area contributed by atoms with Gasteiger partial charge >= 0.3 is 0 Å². The minimum absolute atomic E-state index is 1.08. The summed E-state index contributed by atoms with van der Waals surface area (Å²) in [5.74, 6) is 0. The molecule has 2 N–H and O–H groups in total. The molecule has 1 aromatic carbocycles. The maximum absolute atomic E-state index is 4.50. The largest absolute Gasteiger partial charge is 0.333 e. The van der Waals surface area contributed by atoms with Crippen LogP contribution in [0, 0.1) is 6.92 Å². The van der Waals surface area contributed by atoms with Crippen LogP contribution < -0.4 is 16.2 Å². The summed E-state index contributed by atoms with van der Waals surface area (Å²) in [5.41, 5.74) is 6.97. The van der Waals surface area contributed by atoms with Crippen LogP contribution >= 0.6 is 0 Å². The maximum atomic E-state index is 4.50. The third-order valence-corrected chi connectivity index (χ3v) is 2.32. The Morgan fingerprint density at radius 2 is 1.72 bits per heavy atom. The third-order valence-electron chi connectivity index (χ3n) is 2.32. The van der Waals surface area contributed by atoms with Crippen molar-refractivity contribution in [1.29, 1.82) is 0 Å². The van der Waals surface area contributed by atoms with Crippen LogP contribution in [0.2, 0.25) is 0 Å². The first-order valence-electron chi connectivity index (χ1n) is 6.32. The Morgan fingerprint density at radius 3 is 2.17 bits per heavy atom. The summed E-state index contributed by atoms with van der Waals surface area (Å²) in [6.45, 7) is 15.9. The molecule has 0 saturated heterocycles. The van der Waals surface area contributed by atoms with Gasteiger partial charge in [-0.25, -0.2) is 0 Å². The van der Waals surface area contributed by atoms with Crippen LogP contribution in [0.5, 0.6) is 0 Å². The van der Waals surface area contributed by atoms with Gasteiger partial charge in [-0.05, 0) is 42.5 Å². The molecule has 1 heteroatoms. The zero-order valence-electron chi connectivity index (χ0n) is 12.5. The fraction of sp³-hybridized carbons (Fsp3) is 0.294. The van der Waals surface area contributed by atoms with Gasteiger partial charge in [0.2, 0.25) is 0 Å². The van der Waals surface area contributed by atoms with Gasteiger partial charge in [0, 0.05) is 0 Å². The Balaban J connectivity index is 0. The first kappa shape index (κ1) is 18.8. The van der Waals surface area contributed by atoms with Gasteiger partial charge in [-0.2, -0.15) is 0 Å². The minimum atomic E-state index is 1.08. The maximum Gasteiger partial charge on any atom is -0.0187 e. The Hall–Kier alpha value is -1.60. The molecule has 0 radical (unpaired) electrons. The normalized spacial score (nSPS) is 10.2. The van der Waals surface area contributed by atoms with E-state index in [9.17, 15) is 0 Å². The van der Waals surface area contributed by atoms with Crippen LogP contribution in [0.4, 0.5) is 0 Å². The predicted octanol–water partition coefficient (Wildman–Crippen LogP) is 3.01. The van der Waals surface area contributed by atoms with Crippen LogP contribution in [0.25, 0.3) is 18.7 Å². The molecule has 0 aliphatic heterocycles. The highest BCUT2D eigenvalue weighted by Gasteiger charge is 1.94. The average Bonchev–Trinajstić information content (AvgIpc) is 2.43. The first-order chi connectivity index (χ1) is 8.70. The quantitative estimate of drug-likeness (QED) is 0.851. The molecule has 0 heterocycles. The number of allylic oxidation sites excluding steroid dienone is 2. The molecule has 0 saturated carbocycles. The van der Waals surface area contributed by atoms with E-state index in [1.54, 1.807) is 6.08 Å². The van der Waals surface area contributed by atoms with Gasteiger partial charge in [-0.1, -0.05) is 63.4 Å². The lowest BCUT2D eigenvalue weighted by molar-refractivity contribution is 1.35. The van der Waals surface area contributed by atoms with E-state index in [1.807, 2.05) is 32.9 Å². The van der Waals surface area contributed by atoms with E-state index in [2.05, 4.69) is 44.0 Å². The van der Waals surface area contributed by atoms with Crippen molar-refractivity contribution in [2.24, 2.45) is 5.73 Å².